The molecular weight excluding hydrogens is 372 g/mol. The fraction of sp³-hybridized carbons (Fsp3) is 0.200. The Bertz CT molecular complexity index is 953. The molecule has 0 aliphatic rings. The van der Waals surface area contributed by atoms with Crippen molar-refractivity contribution in [3.05, 3.63) is 53.1 Å². The average Bonchev–Trinajstić information content (AvgIpc) is 2.49. The van der Waals surface area contributed by atoms with Gasteiger partial charge in [-0.25, -0.2) is 21.1 Å². The number of hydrogen-bond donors (Lipinski definition) is 1. The first-order valence-electron chi connectivity index (χ1n) is 6.85. The summed E-state index contributed by atoms with van der Waals surface area (Å²) in [6.45, 7) is 1.65. The Morgan fingerprint density at radius 2 is 1.54 bits per heavy atom. The topological polar surface area (TPSA) is 83.5 Å². The van der Waals surface area contributed by atoms with Crippen LogP contribution in [0.1, 0.15) is 5.56 Å². The zero-order valence-electron chi connectivity index (χ0n) is 13.3. The van der Waals surface area contributed by atoms with Crippen molar-refractivity contribution in [1.29, 1.82) is 0 Å². The van der Waals surface area contributed by atoms with Crippen LogP contribution in [0.4, 0.5) is 5.69 Å². The fourth-order valence-corrected chi connectivity index (χ4v) is 4.29. The summed E-state index contributed by atoms with van der Waals surface area (Å²) in [4.78, 5) is 0.0771. The molecule has 1 N–H and O–H groups in total. The second-order valence-electron chi connectivity index (χ2n) is 5.33. The van der Waals surface area contributed by atoms with Gasteiger partial charge in [0.25, 0.3) is 10.0 Å². The van der Waals surface area contributed by atoms with Crippen LogP contribution in [-0.2, 0) is 20.0 Å². The van der Waals surface area contributed by atoms with E-state index in [0.29, 0.717) is 10.6 Å². The van der Waals surface area contributed by atoms with Gasteiger partial charge in [-0.05, 0) is 48.9 Å². The third-order valence-corrected chi connectivity index (χ3v) is 6.93. The maximum atomic E-state index is 12.4. The summed E-state index contributed by atoms with van der Waals surface area (Å²) >= 11 is 5.75. The molecule has 9 heteroatoms. The Balaban J connectivity index is 2.43. The van der Waals surface area contributed by atoms with Crippen molar-refractivity contribution in [3.63, 3.8) is 0 Å². The molecular formula is C15H17ClN2O4S2. The van der Waals surface area contributed by atoms with Crippen LogP contribution in [-0.4, -0.2) is 35.2 Å². The lowest BCUT2D eigenvalue weighted by atomic mass is 10.2. The van der Waals surface area contributed by atoms with Crippen LogP contribution in [0, 0.1) is 6.92 Å². The molecule has 0 unspecified atom stereocenters. The van der Waals surface area contributed by atoms with Crippen molar-refractivity contribution in [1.82, 2.24) is 4.31 Å². The highest BCUT2D eigenvalue weighted by Crippen LogP contribution is 2.24. The Morgan fingerprint density at radius 3 is 2.08 bits per heavy atom. The van der Waals surface area contributed by atoms with Crippen LogP contribution in [0.3, 0.4) is 0 Å². The first-order valence-corrected chi connectivity index (χ1v) is 10.2. The third kappa shape index (κ3) is 3.89. The molecule has 2 aromatic rings. The van der Waals surface area contributed by atoms with Crippen molar-refractivity contribution in [2.45, 2.75) is 16.7 Å². The number of halogens is 1. The molecule has 0 atom stereocenters. The Hall–Kier alpha value is -1.61. The van der Waals surface area contributed by atoms with E-state index in [2.05, 4.69) is 4.72 Å². The lowest BCUT2D eigenvalue weighted by Crippen LogP contribution is -2.23. The molecule has 130 valence electrons. The number of anilines is 1. The lowest BCUT2D eigenvalue weighted by molar-refractivity contribution is 0.520. The first-order chi connectivity index (χ1) is 11.0. The minimum Gasteiger partial charge on any atom is -0.280 e. The van der Waals surface area contributed by atoms with Crippen LogP contribution >= 0.6 is 11.6 Å². The predicted molar refractivity (Wildman–Crippen MR) is 94.3 cm³/mol. The van der Waals surface area contributed by atoms with Gasteiger partial charge >= 0.3 is 0 Å². The number of nitrogens with zero attached hydrogens (tertiary/aromatic N) is 1. The first kappa shape index (κ1) is 18.7. The smallest absolute Gasteiger partial charge is 0.261 e. The minimum atomic E-state index is -3.84. The molecule has 6 nitrogen and oxygen atoms in total. The van der Waals surface area contributed by atoms with Gasteiger partial charge in [-0.2, -0.15) is 0 Å². The summed E-state index contributed by atoms with van der Waals surface area (Å²) in [5.41, 5.74) is 0.689. The molecule has 0 saturated heterocycles. The number of aryl methyl sites for hydroxylation is 1. The zero-order chi connectivity index (χ0) is 18.1. The molecule has 0 saturated carbocycles. The summed E-state index contributed by atoms with van der Waals surface area (Å²) in [5.74, 6) is 0. The molecule has 0 aliphatic carbocycles. The van der Waals surface area contributed by atoms with Gasteiger partial charge in [-0.15, -0.1) is 0 Å². The molecule has 2 rings (SSSR count). The zero-order valence-corrected chi connectivity index (χ0v) is 15.7. The van der Waals surface area contributed by atoms with Gasteiger partial charge in [0.1, 0.15) is 0 Å². The maximum Gasteiger partial charge on any atom is 0.261 e. The highest BCUT2D eigenvalue weighted by Gasteiger charge is 2.21. The largest absolute Gasteiger partial charge is 0.280 e. The van der Waals surface area contributed by atoms with E-state index in [4.69, 9.17) is 11.6 Å². The van der Waals surface area contributed by atoms with E-state index in [-0.39, 0.29) is 15.5 Å². The third-order valence-electron chi connectivity index (χ3n) is 3.32. The van der Waals surface area contributed by atoms with Crippen LogP contribution in [0.5, 0.6) is 0 Å². The van der Waals surface area contributed by atoms with E-state index in [9.17, 15) is 16.8 Å². The molecule has 0 fully saturated rings. The second kappa shape index (κ2) is 6.72. The SMILES string of the molecule is Cc1ccc(NS(=O)(=O)c2ccc(Cl)cc2)cc1S(=O)(=O)N(C)C. The molecule has 0 radical (unpaired) electrons. The molecule has 0 aromatic heterocycles. The lowest BCUT2D eigenvalue weighted by Gasteiger charge is -2.15. The van der Waals surface area contributed by atoms with E-state index in [0.717, 1.165) is 4.31 Å². The van der Waals surface area contributed by atoms with E-state index < -0.39 is 20.0 Å². The van der Waals surface area contributed by atoms with Crippen LogP contribution in [0.2, 0.25) is 5.02 Å². The van der Waals surface area contributed by atoms with Crippen molar-refractivity contribution in [2.75, 3.05) is 18.8 Å². The molecule has 24 heavy (non-hydrogen) atoms. The Labute approximate surface area is 147 Å². The van der Waals surface area contributed by atoms with Crippen LogP contribution < -0.4 is 4.72 Å². The van der Waals surface area contributed by atoms with Crippen LogP contribution in [0.25, 0.3) is 0 Å². The Kier molecular flexibility index (Phi) is 5.24. The number of sulfonamides is 2. The standard InChI is InChI=1S/C15H17ClN2O4S2/c1-11-4-7-13(10-15(11)24(21,22)18(2)3)17-23(19,20)14-8-5-12(16)6-9-14/h4-10,17H,1-3H3. The summed E-state index contributed by atoms with van der Waals surface area (Å²) in [5, 5.41) is 0.420. The molecule has 0 heterocycles. The van der Waals surface area contributed by atoms with E-state index in [1.54, 1.807) is 13.0 Å². The number of hydrogen-bond acceptors (Lipinski definition) is 4. The van der Waals surface area contributed by atoms with Crippen LogP contribution in [0.15, 0.2) is 52.3 Å². The van der Waals surface area contributed by atoms with E-state index >= 15 is 0 Å². The number of benzene rings is 2. The van der Waals surface area contributed by atoms with Gasteiger partial charge in [-0.3, -0.25) is 4.72 Å². The van der Waals surface area contributed by atoms with Gasteiger partial charge in [0.15, 0.2) is 0 Å². The van der Waals surface area contributed by atoms with Crippen molar-refractivity contribution in [3.8, 4) is 0 Å². The van der Waals surface area contributed by atoms with Crippen molar-refractivity contribution in [2.24, 2.45) is 0 Å². The molecule has 0 aliphatic heterocycles. The highest BCUT2D eigenvalue weighted by atomic mass is 35.5. The molecule has 2 aromatic carbocycles. The van der Waals surface area contributed by atoms with Gasteiger partial charge in [-0.1, -0.05) is 17.7 Å². The molecule has 0 bridgehead atoms. The molecule has 0 spiro atoms. The van der Waals surface area contributed by atoms with E-state index in [1.807, 2.05) is 0 Å². The van der Waals surface area contributed by atoms with Gasteiger partial charge in [0.2, 0.25) is 10.0 Å². The van der Waals surface area contributed by atoms with Gasteiger partial charge in [0, 0.05) is 19.1 Å². The summed E-state index contributed by atoms with van der Waals surface area (Å²) in [6, 6.07) is 10.0. The van der Waals surface area contributed by atoms with Crippen molar-refractivity contribution < 1.29 is 16.8 Å². The van der Waals surface area contributed by atoms with E-state index in [1.165, 1.54) is 50.5 Å². The fourth-order valence-electron chi connectivity index (χ4n) is 1.97. The second-order valence-corrected chi connectivity index (χ2v) is 9.57. The monoisotopic (exact) mass is 388 g/mol. The Morgan fingerprint density at radius 1 is 0.958 bits per heavy atom. The summed E-state index contributed by atoms with van der Waals surface area (Å²) in [7, 11) is -4.69. The van der Waals surface area contributed by atoms with Gasteiger partial charge in [0.05, 0.1) is 15.5 Å². The minimum absolute atomic E-state index is 0.0319. The molecule has 0 amide bonds. The van der Waals surface area contributed by atoms with Gasteiger partial charge < -0.3 is 0 Å². The number of rotatable bonds is 5. The average molecular weight is 389 g/mol. The summed E-state index contributed by atoms with van der Waals surface area (Å²) in [6.07, 6.45) is 0. The predicted octanol–water partition coefficient (Wildman–Crippen LogP) is 2.70. The summed E-state index contributed by atoms with van der Waals surface area (Å²) < 4.78 is 52.8. The maximum absolute atomic E-state index is 12.4. The highest BCUT2D eigenvalue weighted by molar-refractivity contribution is 7.92. The normalized spacial score (nSPS) is 12.4. The quantitative estimate of drug-likeness (QED) is 0.853. The number of nitrogens with one attached hydrogen (secondary N) is 1. The van der Waals surface area contributed by atoms with Crippen molar-refractivity contribution >= 4 is 37.3 Å².